The molecule has 3 aromatic rings. The summed E-state index contributed by atoms with van der Waals surface area (Å²) in [6.07, 6.45) is 0.0479. The van der Waals surface area contributed by atoms with E-state index in [0.717, 1.165) is 5.56 Å². The Morgan fingerprint density at radius 3 is 1.57 bits per heavy atom. The lowest BCUT2D eigenvalue weighted by molar-refractivity contribution is 0.0776. The zero-order valence-electron chi connectivity index (χ0n) is 20.0. The molecule has 0 fully saturated rings. The number of carbonyl (C=O) groups is 2. The van der Waals surface area contributed by atoms with Crippen molar-refractivity contribution in [2.24, 2.45) is 17.8 Å². The number of hydrogen-bond acceptors (Lipinski definition) is 5. The molecule has 176 valence electrons. The summed E-state index contributed by atoms with van der Waals surface area (Å²) in [5, 5.41) is 19.2. The van der Waals surface area contributed by atoms with Crippen LogP contribution >= 0.6 is 0 Å². The quantitative estimate of drug-likeness (QED) is 0.356. The number of hydrogen-bond donors (Lipinski definition) is 0. The fraction of sp³-hybridized carbons (Fsp3) is 0.267. The van der Waals surface area contributed by atoms with Crippen LogP contribution in [0, 0.1) is 40.4 Å². The maximum absolute atomic E-state index is 13.9. The molecule has 35 heavy (non-hydrogen) atoms. The number of ketones is 2. The van der Waals surface area contributed by atoms with E-state index in [-0.39, 0.29) is 18.0 Å². The topological polar surface area (TPSA) is 85.0 Å². The highest BCUT2D eigenvalue weighted by Gasteiger charge is 2.40. The molecule has 0 aliphatic heterocycles. The molecule has 0 amide bonds. The van der Waals surface area contributed by atoms with Crippen molar-refractivity contribution in [1.29, 1.82) is 10.5 Å². The van der Waals surface area contributed by atoms with E-state index in [1.165, 1.54) is 0 Å². The average molecular weight is 464 g/mol. The van der Waals surface area contributed by atoms with E-state index < -0.39 is 23.7 Å². The predicted octanol–water partition coefficient (Wildman–Crippen LogP) is 5.38. The lowest BCUT2D eigenvalue weighted by Gasteiger charge is -2.34. The van der Waals surface area contributed by atoms with Crippen molar-refractivity contribution in [2.75, 3.05) is 20.6 Å². The molecule has 0 spiro atoms. The number of carbonyl (C=O) groups excluding carboxylic acids is 2. The Kier molecular flexibility index (Phi) is 9.07. The highest BCUT2D eigenvalue weighted by Crippen LogP contribution is 2.40. The van der Waals surface area contributed by atoms with Crippen LogP contribution in [0.2, 0.25) is 0 Å². The van der Waals surface area contributed by atoms with Gasteiger partial charge in [-0.15, -0.1) is 0 Å². The zero-order valence-corrected chi connectivity index (χ0v) is 20.0. The van der Waals surface area contributed by atoms with Crippen LogP contribution in [0.5, 0.6) is 0 Å². The van der Waals surface area contributed by atoms with Gasteiger partial charge in [-0.1, -0.05) is 91.0 Å². The Morgan fingerprint density at radius 2 is 1.14 bits per heavy atom. The van der Waals surface area contributed by atoms with Crippen molar-refractivity contribution in [3.63, 3.8) is 0 Å². The van der Waals surface area contributed by atoms with Crippen molar-refractivity contribution in [3.05, 3.63) is 108 Å². The van der Waals surface area contributed by atoms with Crippen LogP contribution in [0.3, 0.4) is 0 Å². The predicted molar refractivity (Wildman–Crippen MR) is 136 cm³/mol. The smallest absolute Gasteiger partial charge is 0.167 e. The zero-order chi connectivity index (χ0) is 25.2. The fourth-order valence-corrected chi connectivity index (χ4v) is 4.61. The summed E-state index contributed by atoms with van der Waals surface area (Å²) < 4.78 is 0. The van der Waals surface area contributed by atoms with Gasteiger partial charge in [-0.05, 0) is 26.1 Å². The summed E-state index contributed by atoms with van der Waals surface area (Å²) in [4.78, 5) is 29.8. The SMILES string of the molecule is CN(C)C[C@H](C(=O)c1ccccc1)[C@@H](c1ccccc1)[C@H](CC(C#N)C#N)C(=O)c1ccccc1. The highest BCUT2D eigenvalue weighted by molar-refractivity contribution is 6.01. The van der Waals surface area contributed by atoms with Gasteiger partial charge < -0.3 is 4.90 Å². The van der Waals surface area contributed by atoms with Gasteiger partial charge in [-0.25, -0.2) is 0 Å². The standard InChI is InChI=1S/C30H29N3O2/c1-33(2)21-27(30(35)25-16-10-5-11-17-25)28(23-12-6-3-7-13-23)26(18-22(19-31)20-32)29(34)24-14-8-4-9-15-24/h3-17,22,26-28H,18,21H2,1-2H3/t26-,27-,28-/m0/s1. The number of Topliss-reactive ketones (excluding diaryl/α,β-unsaturated/α-hetero) is 2. The van der Waals surface area contributed by atoms with Gasteiger partial charge in [-0.2, -0.15) is 10.5 Å². The molecule has 0 unspecified atom stereocenters. The first-order chi connectivity index (χ1) is 17.0. The number of nitrogens with zero attached hydrogens (tertiary/aromatic N) is 3. The molecule has 3 aromatic carbocycles. The minimum Gasteiger partial charge on any atom is -0.309 e. The molecule has 0 bridgehead atoms. The van der Waals surface area contributed by atoms with Crippen LogP contribution in [0.1, 0.15) is 38.6 Å². The summed E-state index contributed by atoms with van der Waals surface area (Å²) in [6, 6.07) is 31.5. The minimum absolute atomic E-state index is 0.0479. The summed E-state index contributed by atoms with van der Waals surface area (Å²) in [6.45, 7) is 0.412. The number of benzene rings is 3. The molecule has 3 rings (SSSR count). The molecule has 0 radical (unpaired) electrons. The second-order valence-electron chi connectivity index (χ2n) is 8.92. The van der Waals surface area contributed by atoms with Crippen LogP contribution in [0.15, 0.2) is 91.0 Å². The third-order valence-corrected chi connectivity index (χ3v) is 6.20. The average Bonchev–Trinajstić information content (AvgIpc) is 2.90. The van der Waals surface area contributed by atoms with Crippen LogP contribution in [-0.2, 0) is 0 Å². The first kappa shape index (κ1) is 25.6. The van der Waals surface area contributed by atoms with Crippen LogP contribution in [-0.4, -0.2) is 37.1 Å². The molecule has 0 heterocycles. The molecule has 0 aliphatic rings. The summed E-state index contributed by atoms with van der Waals surface area (Å²) in [7, 11) is 3.80. The normalized spacial score (nSPS) is 13.4. The fourth-order valence-electron chi connectivity index (χ4n) is 4.61. The van der Waals surface area contributed by atoms with Gasteiger partial charge in [0.05, 0.1) is 12.1 Å². The monoisotopic (exact) mass is 463 g/mol. The van der Waals surface area contributed by atoms with E-state index >= 15 is 0 Å². The molecule has 0 N–H and O–H groups in total. The van der Waals surface area contributed by atoms with Crippen molar-refractivity contribution in [1.82, 2.24) is 4.90 Å². The third-order valence-electron chi connectivity index (χ3n) is 6.20. The van der Waals surface area contributed by atoms with Crippen molar-refractivity contribution >= 4 is 11.6 Å². The first-order valence-electron chi connectivity index (χ1n) is 11.6. The van der Waals surface area contributed by atoms with E-state index in [0.29, 0.717) is 17.7 Å². The molecule has 3 atom stereocenters. The molecule has 0 aromatic heterocycles. The van der Waals surface area contributed by atoms with E-state index in [2.05, 4.69) is 0 Å². The van der Waals surface area contributed by atoms with Gasteiger partial charge >= 0.3 is 0 Å². The van der Waals surface area contributed by atoms with Gasteiger partial charge in [-0.3, -0.25) is 9.59 Å². The lowest BCUT2D eigenvalue weighted by Crippen LogP contribution is -2.39. The van der Waals surface area contributed by atoms with Crippen LogP contribution < -0.4 is 0 Å². The highest BCUT2D eigenvalue weighted by atomic mass is 16.1. The molecular formula is C30H29N3O2. The molecule has 0 saturated carbocycles. The van der Waals surface area contributed by atoms with Crippen LogP contribution in [0.4, 0.5) is 0 Å². The van der Waals surface area contributed by atoms with E-state index in [1.54, 1.807) is 36.4 Å². The largest absolute Gasteiger partial charge is 0.309 e. The first-order valence-corrected chi connectivity index (χ1v) is 11.6. The number of nitriles is 2. The van der Waals surface area contributed by atoms with Gasteiger partial charge in [0, 0.05) is 35.4 Å². The van der Waals surface area contributed by atoms with Gasteiger partial charge in [0.1, 0.15) is 5.92 Å². The maximum Gasteiger partial charge on any atom is 0.167 e. The summed E-state index contributed by atoms with van der Waals surface area (Å²) in [5.41, 5.74) is 1.92. The maximum atomic E-state index is 13.9. The summed E-state index contributed by atoms with van der Waals surface area (Å²) in [5.74, 6) is -3.02. The molecular weight excluding hydrogens is 434 g/mol. The lowest BCUT2D eigenvalue weighted by atomic mass is 9.68. The van der Waals surface area contributed by atoms with E-state index in [1.807, 2.05) is 85.7 Å². The van der Waals surface area contributed by atoms with Crippen molar-refractivity contribution in [3.8, 4) is 12.1 Å². The summed E-state index contributed by atoms with van der Waals surface area (Å²) >= 11 is 0. The Bertz CT molecular complexity index is 1180. The second kappa shape index (κ2) is 12.4. The van der Waals surface area contributed by atoms with Crippen molar-refractivity contribution < 1.29 is 9.59 Å². The van der Waals surface area contributed by atoms with E-state index in [4.69, 9.17) is 0 Å². The Hall–Kier alpha value is -4.06. The van der Waals surface area contributed by atoms with Gasteiger partial charge in [0.15, 0.2) is 11.6 Å². The van der Waals surface area contributed by atoms with Gasteiger partial charge in [0.25, 0.3) is 0 Å². The number of rotatable bonds is 11. The third kappa shape index (κ3) is 6.51. The van der Waals surface area contributed by atoms with Crippen molar-refractivity contribution in [2.45, 2.75) is 12.3 Å². The molecule has 5 nitrogen and oxygen atoms in total. The van der Waals surface area contributed by atoms with E-state index in [9.17, 15) is 20.1 Å². The minimum atomic E-state index is -0.967. The molecule has 0 aliphatic carbocycles. The van der Waals surface area contributed by atoms with Crippen LogP contribution in [0.25, 0.3) is 0 Å². The Morgan fingerprint density at radius 1 is 0.714 bits per heavy atom. The Labute approximate surface area is 207 Å². The second-order valence-corrected chi connectivity index (χ2v) is 8.92. The molecule has 0 saturated heterocycles. The Balaban J connectivity index is 2.20. The molecule has 5 heteroatoms. The van der Waals surface area contributed by atoms with Gasteiger partial charge in [0.2, 0.25) is 0 Å².